The molecule has 0 unspecified atom stereocenters. The van der Waals surface area contributed by atoms with Gasteiger partial charge in [0.05, 0.1) is 5.69 Å². The molecule has 0 saturated carbocycles. The molecule has 0 amide bonds. The summed E-state index contributed by atoms with van der Waals surface area (Å²) in [5, 5.41) is 3.86. The van der Waals surface area contributed by atoms with E-state index in [2.05, 4.69) is 69.3 Å². The van der Waals surface area contributed by atoms with Crippen LogP contribution in [0.15, 0.2) is 30.3 Å². The molecule has 0 radical (unpaired) electrons. The summed E-state index contributed by atoms with van der Waals surface area (Å²) in [6, 6.07) is 10.6. The standard InChI is InChI=1S/C21H30ClN5/c1-3-26(4-2)13-8-12-23-20-18-16-27(15-17-9-6-5-7-10-17)14-11-19(18)24-21(22)25-20/h5-7,9-10H,3-4,8,11-16H2,1-2H3,(H,23,24,25). The van der Waals surface area contributed by atoms with Gasteiger partial charge in [-0.15, -0.1) is 0 Å². The highest BCUT2D eigenvalue weighted by Crippen LogP contribution is 2.26. The van der Waals surface area contributed by atoms with E-state index in [1.807, 2.05) is 0 Å². The van der Waals surface area contributed by atoms with Crippen molar-refractivity contribution < 1.29 is 0 Å². The predicted octanol–water partition coefficient (Wildman–Crippen LogP) is 3.83. The Morgan fingerprint density at radius 2 is 1.93 bits per heavy atom. The molecule has 1 aliphatic heterocycles. The summed E-state index contributed by atoms with van der Waals surface area (Å²) < 4.78 is 0. The molecule has 1 aromatic heterocycles. The molecule has 146 valence electrons. The van der Waals surface area contributed by atoms with E-state index in [9.17, 15) is 0 Å². The average Bonchev–Trinajstić information content (AvgIpc) is 2.69. The molecular formula is C21H30ClN5. The summed E-state index contributed by atoms with van der Waals surface area (Å²) >= 11 is 6.17. The van der Waals surface area contributed by atoms with E-state index >= 15 is 0 Å². The van der Waals surface area contributed by atoms with Gasteiger partial charge in [-0.3, -0.25) is 4.90 Å². The lowest BCUT2D eigenvalue weighted by Gasteiger charge is -2.29. The van der Waals surface area contributed by atoms with E-state index in [0.29, 0.717) is 5.28 Å². The van der Waals surface area contributed by atoms with Crippen LogP contribution in [0.1, 0.15) is 37.1 Å². The molecular weight excluding hydrogens is 358 g/mol. The van der Waals surface area contributed by atoms with E-state index < -0.39 is 0 Å². The SMILES string of the molecule is CCN(CC)CCCNc1nc(Cl)nc2c1CN(Cc1ccccc1)CC2. The van der Waals surface area contributed by atoms with Gasteiger partial charge < -0.3 is 10.2 Å². The topological polar surface area (TPSA) is 44.3 Å². The maximum atomic E-state index is 6.17. The van der Waals surface area contributed by atoms with Gasteiger partial charge in [-0.2, -0.15) is 0 Å². The van der Waals surface area contributed by atoms with Crippen LogP contribution in [-0.2, 0) is 19.5 Å². The minimum Gasteiger partial charge on any atom is -0.370 e. The van der Waals surface area contributed by atoms with Crippen LogP contribution in [0.3, 0.4) is 0 Å². The van der Waals surface area contributed by atoms with Crippen molar-refractivity contribution in [3.8, 4) is 0 Å². The van der Waals surface area contributed by atoms with E-state index in [4.69, 9.17) is 11.6 Å². The van der Waals surface area contributed by atoms with Gasteiger partial charge in [0.15, 0.2) is 0 Å². The number of nitrogens with zero attached hydrogens (tertiary/aromatic N) is 4. The highest BCUT2D eigenvalue weighted by molar-refractivity contribution is 6.28. The zero-order chi connectivity index (χ0) is 19.1. The number of aromatic nitrogens is 2. The Labute approximate surface area is 167 Å². The number of hydrogen-bond acceptors (Lipinski definition) is 5. The third kappa shape index (κ3) is 5.64. The van der Waals surface area contributed by atoms with Gasteiger partial charge in [-0.25, -0.2) is 9.97 Å². The summed E-state index contributed by atoms with van der Waals surface area (Å²) in [4.78, 5) is 13.9. The van der Waals surface area contributed by atoms with Crippen LogP contribution in [0.4, 0.5) is 5.82 Å². The van der Waals surface area contributed by atoms with Gasteiger partial charge >= 0.3 is 0 Å². The second-order valence-corrected chi connectivity index (χ2v) is 7.36. The molecule has 27 heavy (non-hydrogen) atoms. The number of nitrogens with one attached hydrogen (secondary N) is 1. The van der Waals surface area contributed by atoms with E-state index in [0.717, 1.165) is 70.2 Å². The Bertz CT molecular complexity index is 718. The number of halogens is 1. The maximum absolute atomic E-state index is 6.17. The molecule has 0 aliphatic carbocycles. The molecule has 0 bridgehead atoms. The van der Waals surface area contributed by atoms with Gasteiger partial charge in [0.2, 0.25) is 5.28 Å². The monoisotopic (exact) mass is 387 g/mol. The van der Waals surface area contributed by atoms with Crippen molar-refractivity contribution in [3.63, 3.8) is 0 Å². The van der Waals surface area contributed by atoms with E-state index in [1.165, 1.54) is 11.1 Å². The Balaban J connectivity index is 1.63. The van der Waals surface area contributed by atoms with Crippen molar-refractivity contribution in [1.82, 2.24) is 19.8 Å². The quantitative estimate of drug-likeness (QED) is 0.523. The fourth-order valence-corrected chi connectivity index (χ4v) is 3.80. The molecule has 6 heteroatoms. The third-order valence-corrected chi connectivity index (χ3v) is 5.37. The molecule has 0 atom stereocenters. The van der Waals surface area contributed by atoms with E-state index in [1.54, 1.807) is 0 Å². The van der Waals surface area contributed by atoms with Gasteiger partial charge in [0.25, 0.3) is 0 Å². The van der Waals surface area contributed by atoms with Gasteiger partial charge in [-0.05, 0) is 43.2 Å². The Kier molecular flexibility index (Phi) is 7.44. The molecule has 1 aliphatic rings. The first-order valence-corrected chi connectivity index (χ1v) is 10.3. The second kappa shape index (κ2) is 10.0. The first-order chi connectivity index (χ1) is 13.2. The third-order valence-electron chi connectivity index (χ3n) is 5.20. The molecule has 2 aromatic rings. The van der Waals surface area contributed by atoms with Crippen LogP contribution >= 0.6 is 11.6 Å². The minimum atomic E-state index is 0.344. The molecule has 0 saturated heterocycles. The molecule has 3 rings (SSSR count). The molecule has 5 nitrogen and oxygen atoms in total. The normalized spacial score (nSPS) is 14.4. The minimum absolute atomic E-state index is 0.344. The Morgan fingerprint density at radius 3 is 2.67 bits per heavy atom. The van der Waals surface area contributed by atoms with E-state index in [-0.39, 0.29) is 0 Å². The zero-order valence-electron chi connectivity index (χ0n) is 16.4. The fraction of sp³-hybridized carbons (Fsp3) is 0.524. The fourth-order valence-electron chi connectivity index (χ4n) is 3.61. The van der Waals surface area contributed by atoms with Crippen LogP contribution < -0.4 is 5.32 Å². The summed E-state index contributed by atoms with van der Waals surface area (Å²) in [5.74, 6) is 0.905. The van der Waals surface area contributed by atoms with Gasteiger partial charge in [-0.1, -0.05) is 44.2 Å². The van der Waals surface area contributed by atoms with Crippen molar-refractivity contribution >= 4 is 17.4 Å². The lowest BCUT2D eigenvalue weighted by Crippen LogP contribution is -2.32. The Hall–Kier alpha value is -1.69. The highest BCUT2D eigenvalue weighted by Gasteiger charge is 2.22. The summed E-state index contributed by atoms with van der Waals surface area (Å²) in [6.07, 6.45) is 2.00. The van der Waals surface area contributed by atoms with Crippen LogP contribution in [0.2, 0.25) is 5.28 Å². The highest BCUT2D eigenvalue weighted by atomic mass is 35.5. The van der Waals surface area contributed by atoms with Crippen LogP contribution in [0, 0.1) is 0 Å². The second-order valence-electron chi connectivity index (χ2n) is 7.02. The summed E-state index contributed by atoms with van der Waals surface area (Å²) in [5.41, 5.74) is 3.62. The number of benzene rings is 1. The zero-order valence-corrected chi connectivity index (χ0v) is 17.2. The molecule has 1 aromatic carbocycles. The average molecular weight is 388 g/mol. The molecule has 0 fully saturated rings. The van der Waals surface area contributed by atoms with Crippen molar-refractivity contribution in [2.24, 2.45) is 0 Å². The first-order valence-electron chi connectivity index (χ1n) is 9.97. The van der Waals surface area contributed by atoms with Crippen molar-refractivity contribution in [2.75, 3.05) is 38.0 Å². The van der Waals surface area contributed by atoms with Crippen molar-refractivity contribution in [2.45, 2.75) is 39.8 Å². The molecule has 0 spiro atoms. The number of rotatable bonds is 9. The lowest BCUT2D eigenvalue weighted by molar-refractivity contribution is 0.243. The smallest absolute Gasteiger partial charge is 0.224 e. The van der Waals surface area contributed by atoms with Crippen LogP contribution in [-0.4, -0.2) is 52.5 Å². The van der Waals surface area contributed by atoms with Crippen LogP contribution in [0.5, 0.6) is 0 Å². The summed E-state index contributed by atoms with van der Waals surface area (Å²) in [6.45, 7) is 11.4. The van der Waals surface area contributed by atoms with Gasteiger partial charge in [0.1, 0.15) is 5.82 Å². The van der Waals surface area contributed by atoms with Crippen molar-refractivity contribution in [1.29, 1.82) is 0 Å². The molecule has 1 N–H and O–H groups in total. The van der Waals surface area contributed by atoms with Crippen LogP contribution in [0.25, 0.3) is 0 Å². The largest absolute Gasteiger partial charge is 0.370 e. The van der Waals surface area contributed by atoms with Gasteiger partial charge in [0, 0.05) is 38.2 Å². The predicted molar refractivity (Wildman–Crippen MR) is 112 cm³/mol. The number of fused-ring (bicyclic) bond motifs is 1. The first kappa shape index (κ1) is 20.1. The maximum Gasteiger partial charge on any atom is 0.224 e. The number of hydrogen-bond donors (Lipinski definition) is 1. The van der Waals surface area contributed by atoms with Crippen molar-refractivity contribution in [3.05, 3.63) is 52.4 Å². The molecule has 2 heterocycles. The number of anilines is 1. The Morgan fingerprint density at radius 1 is 1.15 bits per heavy atom. The lowest BCUT2D eigenvalue weighted by atomic mass is 10.1. The summed E-state index contributed by atoms with van der Waals surface area (Å²) in [7, 11) is 0.